The Hall–Kier alpha value is -0.460. The summed E-state index contributed by atoms with van der Waals surface area (Å²) >= 11 is 0. The van der Waals surface area contributed by atoms with E-state index in [9.17, 15) is 0 Å². The minimum absolute atomic E-state index is 0.437. The van der Waals surface area contributed by atoms with E-state index in [4.69, 9.17) is 0 Å². The molecule has 1 heterocycles. The van der Waals surface area contributed by atoms with Gasteiger partial charge in [-0.3, -0.25) is 0 Å². The summed E-state index contributed by atoms with van der Waals surface area (Å²) in [5.41, 5.74) is 1.65. The highest BCUT2D eigenvalue weighted by Gasteiger charge is 2.28. The molecule has 1 saturated heterocycles. The molecule has 0 aromatic heterocycles. The lowest BCUT2D eigenvalue weighted by molar-refractivity contribution is 0.263. The SMILES string of the molecule is C=C1C[C@H](C(C)(C)C)CN1. The molecule has 1 nitrogen and oxygen atoms in total. The van der Waals surface area contributed by atoms with E-state index in [1.54, 1.807) is 0 Å². The molecule has 0 aromatic rings. The first-order chi connectivity index (χ1) is 4.50. The molecule has 0 spiro atoms. The third-order valence-electron chi connectivity index (χ3n) is 2.32. The van der Waals surface area contributed by atoms with E-state index in [1.807, 2.05) is 0 Å². The Bertz CT molecular complexity index is 141. The fraction of sp³-hybridized carbons (Fsp3) is 0.778. The molecule has 1 fully saturated rings. The van der Waals surface area contributed by atoms with Crippen LogP contribution in [-0.4, -0.2) is 6.54 Å². The van der Waals surface area contributed by atoms with Crippen LogP contribution in [-0.2, 0) is 0 Å². The van der Waals surface area contributed by atoms with Crippen molar-refractivity contribution in [2.24, 2.45) is 11.3 Å². The van der Waals surface area contributed by atoms with Crippen LogP contribution in [0.15, 0.2) is 12.3 Å². The molecule has 0 unspecified atom stereocenters. The summed E-state index contributed by atoms with van der Waals surface area (Å²) in [6, 6.07) is 0. The average molecular weight is 139 g/mol. The van der Waals surface area contributed by atoms with E-state index in [-0.39, 0.29) is 0 Å². The van der Waals surface area contributed by atoms with Gasteiger partial charge in [-0.05, 0) is 17.8 Å². The van der Waals surface area contributed by atoms with Gasteiger partial charge in [0.05, 0.1) is 0 Å². The van der Waals surface area contributed by atoms with Crippen LogP contribution in [0.3, 0.4) is 0 Å². The molecule has 1 N–H and O–H groups in total. The molecule has 0 aromatic carbocycles. The van der Waals surface area contributed by atoms with Gasteiger partial charge < -0.3 is 5.32 Å². The van der Waals surface area contributed by atoms with Crippen LogP contribution in [0, 0.1) is 11.3 Å². The van der Waals surface area contributed by atoms with Gasteiger partial charge in [-0.25, -0.2) is 0 Å². The van der Waals surface area contributed by atoms with E-state index in [1.165, 1.54) is 5.70 Å². The molecule has 0 amide bonds. The smallest absolute Gasteiger partial charge is 0.0180 e. The molecule has 1 atom stereocenters. The molecule has 58 valence electrons. The second-order valence-corrected chi connectivity index (χ2v) is 4.25. The first-order valence-corrected chi connectivity index (χ1v) is 3.92. The summed E-state index contributed by atoms with van der Waals surface area (Å²) in [6.45, 7) is 11.9. The molecule has 1 aliphatic heterocycles. The van der Waals surface area contributed by atoms with Gasteiger partial charge in [0, 0.05) is 12.2 Å². The summed E-state index contributed by atoms with van der Waals surface area (Å²) in [6.07, 6.45) is 1.16. The molecule has 1 aliphatic rings. The van der Waals surface area contributed by atoms with Gasteiger partial charge >= 0.3 is 0 Å². The molecule has 1 heteroatoms. The van der Waals surface area contributed by atoms with Gasteiger partial charge in [-0.15, -0.1) is 0 Å². The van der Waals surface area contributed by atoms with Crippen molar-refractivity contribution in [1.82, 2.24) is 5.32 Å². The number of hydrogen-bond acceptors (Lipinski definition) is 1. The number of nitrogens with one attached hydrogen (secondary N) is 1. The predicted molar refractivity (Wildman–Crippen MR) is 44.7 cm³/mol. The lowest BCUT2D eigenvalue weighted by Crippen LogP contribution is -2.22. The highest BCUT2D eigenvalue weighted by Crippen LogP contribution is 2.32. The standard InChI is InChI=1S/C9H17N/c1-7-5-8(6-10-7)9(2,3)4/h8,10H,1,5-6H2,2-4H3/t8-/m0/s1. The summed E-state index contributed by atoms with van der Waals surface area (Å²) in [4.78, 5) is 0. The van der Waals surface area contributed by atoms with E-state index in [2.05, 4.69) is 32.7 Å². The van der Waals surface area contributed by atoms with E-state index in [0.29, 0.717) is 5.41 Å². The topological polar surface area (TPSA) is 12.0 Å². The molecular weight excluding hydrogens is 122 g/mol. The maximum Gasteiger partial charge on any atom is 0.0180 e. The van der Waals surface area contributed by atoms with Crippen molar-refractivity contribution in [1.29, 1.82) is 0 Å². The minimum atomic E-state index is 0.437. The quantitative estimate of drug-likeness (QED) is 0.542. The van der Waals surface area contributed by atoms with Crippen molar-refractivity contribution >= 4 is 0 Å². The lowest BCUT2D eigenvalue weighted by Gasteiger charge is -2.25. The zero-order valence-electron chi connectivity index (χ0n) is 7.20. The molecule has 0 radical (unpaired) electrons. The predicted octanol–water partition coefficient (Wildman–Crippen LogP) is 2.16. The van der Waals surface area contributed by atoms with Crippen LogP contribution in [0.2, 0.25) is 0 Å². The van der Waals surface area contributed by atoms with Crippen molar-refractivity contribution < 1.29 is 0 Å². The van der Waals surface area contributed by atoms with Crippen LogP contribution >= 0.6 is 0 Å². The second kappa shape index (κ2) is 2.30. The molecule has 0 bridgehead atoms. The fourth-order valence-corrected chi connectivity index (χ4v) is 1.32. The van der Waals surface area contributed by atoms with Crippen molar-refractivity contribution in [3.8, 4) is 0 Å². The third kappa shape index (κ3) is 1.53. The van der Waals surface area contributed by atoms with Gasteiger partial charge in [0.25, 0.3) is 0 Å². The largest absolute Gasteiger partial charge is 0.388 e. The van der Waals surface area contributed by atoms with Crippen molar-refractivity contribution in [3.05, 3.63) is 12.3 Å². The minimum Gasteiger partial charge on any atom is -0.388 e. The molecule has 0 saturated carbocycles. The van der Waals surface area contributed by atoms with E-state index >= 15 is 0 Å². The zero-order valence-corrected chi connectivity index (χ0v) is 7.20. The third-order valence-corrected chi connectivity index (χ3v) is 2.32. The lowest BCUT2D eigenvalue weighted by atomic mass is 9.80. The number of rotatable bonds is 0. The molecule has 0 aliphatic carbocycles. The highest BCUT2D eigenvalue weighted by atomic mass is 14.9. The maximum atomic E-state index is 3.91. The van der Waals surface area contributed by atoms with Crippen molar-refractivity contribution in [2.45, 2.75) is 27.2 Å². The van der Waals surface area contributed by atoms with Crippen molar-refractivity contribution in [2.75, 3.05) is 6.54 Å². The normalized spacial score (nSPS) is 26.7. The summed E-state index contributed by atoms with van der Waals surface area (Å²) in [7, 11) is 0. The van der Waals surface area contributed by atoms with Crippen LogP contribution in [0.25, 0.3) is 0 Å². The molecular formula is C9H17N. The summed E-state index contributed by atoms with van der Waals surface area (Å²) in [5.74, 6) is 0.778. The Morgan fingerprint density at radius 1 is 1.50 bits per heavy atom. The monoisotopic (exact) mass is 139 g/mol. The Labute approximate surface area is 63.5 Å². The van der Waals surface area contributed by atoms with Crippen LogP contribution < -0.4 is 5.32 Å². The van der Waals surface area contributed by atoms with E-state index in [0.717, 1.165) is 18.9 Å². The van der Waals surface area contributed by atoms with Gasteiger partial charge in [-0.1, -0.05) is 27.4 Å². The first-order valence-electron chi connectivity index (χ1n) is 3.92. The number of hydrogen-bond donors (Lipinski definition) is 1. The Morgan fingerprint density at radius 3 is 2.30 bits per heavy atom. The highest BCUT2D eigenvalue weighted by molar-refractivity contribution is 5.02. The van der Waals surface area contributed by atoms with Gasteiger partial charge in [0.15, 0.2) is 0 Å². The fourth-order valence-electron chi connectivity index (χ4n) is 1.32. The van der Waals surface area contributed by atoms with Gasteiger partial charge in [-0.2, -0.15) is 0 Å². The van der Waals surface area contributed by atoms with Crippen molar-refractivity contribution in [3.63, 3.8) is 0 Å². The van der Waals surface area contributed by atoms with Crippen LogP contribution in [0.5, 0.6) is 0 Å². The van der Waals surface area contributed by atoms with Crippen LogP contribution in [0.1, 0.15) is 27.2 Å². The van der Waals surface area contributed by atoms with Crippen LogP contribution in [0.4, 0.5) is 0 Å². The zero-order chi connectivity index (χ0) is 7.78. The van der Waals surface area contributed by atoms with Gasteiger partial charge in [0.2, 0.25) is 0 Å². The molecule has 1 rings (SSSR count). The molecule has 10 heavy (non-hydrogen) atoms. The van der Waals surface area contributed by atoms with E-state index < -0.39 is 0 Å². The average Bonchev–Trinajstić information content (AvgIpc) is 2.11. The first kappa shape index (κ1) is 7.64. The Balaban J connectivity index is 2.53. The Kier molecular flexibility index (Phi) is 1.76. The van der Waals surface area contributed by atoms with Gasteiger partial charge in [0.1, 0.15) is 0 Å². The maximum absolute atomic E-state index is 3.91. The number of allylic oxidation sites excluding steroid dienone is 1. The summed E-state index contributed by atoms with van der Waals surface area (Å²) < 4.78 is 0. The summed E-state index contributed by atoms with van der Waals surface area (Å²) in [5, 5.41) is 3.28. The Morgan fingerprint density at radius 2 is 2.10 bits per heavy atom. The second-order valence-electron chi connectivity index (χ2n) is 4.25.